The number of aromatic nitrogens is 2. The Morgan fingerprint density at radius 2 is 1.90 bits per heavy atom. The summed E-state index contributed by atoms with van der Waals surface area (Å²) in [6, 6.07) is 1.74. The fraction of sp³-hybridized carbons (Fsp3) is 0.154. The molecule has 0 N–H and O–H groups in total. The minimum absolute atomic E-state index is 0.0472. The van der Waals surface area contributed by atoms with Gasteiger partial charge in [-0.05, 0) is 12.1 Å². The number of nitrogens with zero attached hydrogens (tertiary/aromatic N) is 3. The summed E-state index contributed by atoms with van der Waals surface area (Å²) >= 11 is 0. The standard InChI is InChI=1S/C13H9F2N3O2/c1-17-6-16-4-7(17)5-18-11-9(15)3-2-8(14)10(11)12(19)13(18)20/h2-4,6H,5H2,1H3. The molecule has 20 heavy (non-hydrogen) atoms. The first-order chi connectivity index (χ1) is 9.50. The van der Waals surface area contributed by atoms with Crippen LogP contribution in [0.2, 0.25) is 0 Å². The van der Waals surface area contributed by atoms with Crippen LogP contribution in [-0.2, 0) is 18.4 Å². The zero-order chi connectivity index (χ0) is 14.4. The van der Waals surface area contributed by atoms with Crippen molar-refractivity contribution >= 4 is 17.4 Å². The second kappa shape index (κ2) is 4.22. The molecule has 5 nitrogen and oxygen atoms in total. The molecule has 0 saturated carbocycles. The van der Waals surface area contributed by atoms with E-state index in [0.29, 0.717) is 5.69 Å². The van der Waals surface area contributed by atoms with Crippen molar-refractivity contribution in [3.63, 3.8) is 0 Å². The van der Waals surface area contributed by atoms with Crippen LogP contribution in [-0.4, -0.2) is 21.2 Å². The minimum Gasteiger partial charge on any atom is -0.336 e. The molecule has 1 aliphatic heterocycles. The highest BCUT2D eigenvalue weighted by Crippen LogP contribution is 2.34. The summed E-state index contributed by atoms with van der Waals surface area (Å²) < 4.78 is 29.1. The number of hydrogen-bond donors (Lipinski definition) is 0. The maximum Gasteiger partial charge on any atom is 0.300 e. The molecule has 3 rings (SSSR count). The van der Waals surface area contributed by atoms with Gasteiger partial charge in [-0.3, -0.25) is 14.5 Å². The van der Waals surface area contributed by atoms with Crippen LogP contribution in [0.5, 0.6) is 0 Å². The Morgan fingerprint density at radius 1 is 1.20 bits per heavy atom. The van der Waals surface area contributed by atoms with E-state index in [-0.39, 0.29) is 12.2 Å². The highest BCUT2D eigenvalue weighted by molar-refractivity contribution is 6.52. The molecule has 0 bridgehead atoms. The predicted molar refractivity (Wildman–Crippen MR) is 65.1 cm³/mol. The number of hydrogen-bond acceptors (Lipinski definition) is 3. The third-order valence-electron chi connectivity index (χ3n) is 3.25. The molecule has 1 aromatic carbocycles. The Kier molecular flexibility index (Phi) is 2.63. The van der Waals surface area contributed by atoms with Crippen molar-refractivity contribution in [1.29, 1.82) is 0 Å². The Balaban J connectivity index is 2.11. The Labute approximate surface area is 112 Å². The molecule has 1 aromatic heterocycles. The molecular weight excluding hydrogens is 268 g/mol. The minimum atomic E-state index is -1.03. The first-order valence-corrected chi connectivity index (χ1v) is 5.80. The number of amides is 1. The lowest BCUT2D eigenvalue weighted by Gasteiger charge is -2.17. The van der Waals surface area contributed by atoms with Crippen molar-refractivity contribution < 1.29 is 18.4 Å². The Bertz CT molecular complexity index is 739. The van der Waals surface area contributed by atoms with E-state index < -0.39 is 28.9 Å². The van der Waals surface area contributed by atoms with Gasteiger partial charge in [0.15, 0.2) is 0 Å². The molecule has 2 aromatic rings. The van der Waals surface area contributed by atoms with Crippen molar-refractivity contribution in [2.75, 3.05) is 4.90 Å². The van der Waals surface area contributed by atoms with Gasteiger partial charge in [0.1, 0.15) is 11.6 Å². The van der Waals surface area contributed by atoms with Crippen molar-refractivity contribution in [1.82, 2.24) is 9.55 Å². The number of Topliss-reactive ketones (excluding diaryl/α,β-unsaturated/α-hetero) is 1. The molecular formula is C13H9F2N3O2. The van der Waals surface area contributed by atoms with Crippen LogP contribution in [0.3, 0.4) is 0 Å². The first-order valence-electron chi connectivity index (χ1n) is 5.80. The van der Waals surface area contributed by atoms with Gasteiger partial charge >= 0.3 is 0 Å². The van der Waals surface area contributed by atoms with Gasteiger partial charge in [0.2, 0.25) is 0 Å². The summed E-state index contributed by atoms with van der Waals surface area (Å²) in [6.07, 6.45) is 3.01. The van der Waals surface area contributed by atoms with E-state index >= 15 is 0 Å². The number of halogens is 2. The number of imidazole rings is 1. The van der Waals surface area contributed by atoms with Crippen LogP contribution in [0, 0.1) is 11.6 Å². The highest BCUT2D eigenvalue weighted by atomic mass is 19.1. The maximum atomic E-state index is 13.9. The van der Waals surface area contributed by atoms with Gasteiger partial charge in [-0.25, -0.2) is 13.8 Å². The number of carbonyl (C=O) groups excluding carboxylic acids is 2. The SMILES string of the molecule is Cn1cncc1CN1C(=O)C(=O)c2c(F)ccc(F)c21. The molecule has 7 heteroatoms. The fourth-order valence-electron chi connectivity index (χ4n) is 2.20. The summed E-state index contributed by atoms with van der Waals surface area (Å²) in [5.74, 6) is -3.67. The molecule has 0 radical (unpaired) electrons. The maximum absolute atomic E-state index is 13.9. The van der Waals surface area contributed by atoms with Crippen molar-refractivity contribution in [3.8, 4) is 0 Å². The second-order valence-electron chi connectivity index (χ2n) is 4.47. The first kappa shape index (κ1) is 12.5. The zero-order valence-electron chi connectivity index (χ0n) is 10.4. The smallest absolute Gasteiger partial charge is 0.300 e. The summed E-state index contributed by atoms with van der Waals surface area (Å²) in [4.78, 5) is 28.5. The lowest BCUT2D eigenvalue weighted by molar-refractivity contribution is -0.114. The van der Waals surface area contributed by atoms with Crippen LogP contribution < -0.4 is 4.90 Å². The number of ketones is 1. The molecule has 1 aliphatic rings. The van der Waals surface area contributed by atoms with E-state index in [1.807, 2.05) is 0 Å². The molecule has 2 heterocycles. The van der Waals surface area contributed by atoms with Crippen LogP contribution >= 0.6 is 0 Å². The van der Waals surface area contributed by atoms with E-state index in [4.69, 9.17) is 0 Å². The molecule has 102 valence electrons. The predicted octanol–water partition coefficient (Wildman–Crippen LogP) is 1.43. The lowest BCUT2D eigenvalue weighted by atomic mass is 10.1. The zero-order valence-corrected chi connectivity index (χ0v) is 10.4. The number of rotatable bonds is 2. The second-order valence-corrected chi connectivity index (χ2v) is 4.47. The highest BCUT2D eigenvalue weighted by Gasteiger charge is 2.40. The van der Waals surface area contributed by atoms with Gasteiger partial charge < -0.3 is 4.57 Å². The average Bonchev–Trinajstić information content (AvgIpc) is 2.92. The molecule has 0 spiro atoms. The van der Waals surface area contributed by atoms with Crippen molar-refractivity contribution in [2.24, 2.45) is 7.05 Å². The summed E-state index contributed by atoms with van der Waals surface area (Å²) in [6.45, 7) is -0.0472. The molecule has 0 aliphatic carbocycles. The van der Waals surface area contributed by atoms with Gasteiger partial charge in [0, 0.05) is 13.2 Å². The van der Waals surface area contributed by atoms with Gasteiger partial charge in [0.25, 0.3) is 11.7 Å². The van der Waals surface area contributed by atoms with Crippen LogP contribution in [0.25, 0.3) is 0 Å². The average molecular weight is 277 g/mol. The van der Waals surface area contributed by atoms with E-state index in [9.17, 15) is 18.4 Å². The Morgan fingerprint density at radius 3 is 2.55 bits per heavy atom. The molecule has 0 saturated heterocycles. The van der Waals surface area contributed by atoms with Gasteiger partial charge in [0.05, 0.1) is 29.8 Å². The summed E-state index contributed by atoms with van der Waals surface area (Å²) in [5.41, 5.74) is -0.207. The van der Waals surface area contributed by atoms with Crippen molar-refractivity contribution in [2.45, 2.75) is 6.54 Å². The fourth-order valence-corrected chi connectivity index (χ4v) is 2.20. The van der Waals surface area contributed by atoms with Crippen LogP contribution in [0.4, 0.5) is 14.5 Å². The summed E-state index contributed by atoms with van der Waals surface area (Å²) in [7, 11) is 1.70. The number of aryl methyl sites for hydroxylation is 1. The number of anilines is 1. The number of benzene rings is 1. The third kappa shape index (κ3) is 1.63. The van der Waals surface area contributed by atoms with E-state index in [1.54, 1.807) is 11.6 Å². The Hall–Kier alpha value is -2.57. The quantitative estimate of drug-likeness (QED) is 0.780. The normalized spacial score (nSPS) is 14.1. The van der Waals surface area contributed by atoms with E-state index in [1.165, 1.54) is 12.5 Å². The van der Waals surface area contributed by atoms with Gasteiger partial charge in [-0.1, -0.05) is 0 Å². The van der Waals surface area contributed by atoms with Gasteiger partial charge in [-0.15, -0.1) is 0 Å². The molecule has 1 amide bonds. The van der Waals surface area contributed by atoms with E-state index in [0.717, 1.165) is 17.0 Å². The van der Waals surface area contributed by atoms with Crippen LogP contribution in [0.15, 0.2) is 24.7 Å². The molecule has 0 atom stereocenters. The van der Waals surface area contributed by atoms with Gasteiger partial charge in [-0.2, -0.15) is 0 Å². The largest absolute Gasteiger partial charge is 0.336 e. The molecule has 0 unspecified atom stereocenters. The molecule has 0 fully saturated rings. The van der Waals surface area contributed by atoms with E-state index in [2.05, 4.69) is 4.98 Å². The third-order valence-corrected chi connectivity index (χ3v) is 3.25. The van der Waals surface area contributed by atoms with Crippen LogP contribution in [0.1, 0.15) is 16.1 Å². The topological polar surface area (TPSA) is 55.2 Å². The van der Waals surface area contributed by atoms with Crippen molar-refractivity contribution in [3.05, 3.63) is 47.5 Å². The summed E-state index contributed by atoms with van der Waals surface area (Å²) in [5, 5.41) is 0. The number of fused-ring (bicyclic) bond motifs is 1. The lowest BCUT2D eigenvalue weighted by Crippen LogP contribution is -2.30. The number of carbonyl (C=O) groups is 2. The monoisotopic (exact) mass is 277 g/mol.